The lowest BCUT2D eigenvalue weighted by Gasteiger charge is -2.15. The first-order valence-electron chi connectivity index (χ1n) is 7.59. The van der Waals surface area contributed by atoms with Crippen LogP contribution in [0.2, 0.25) is 0 Å². The van der Waals surface area contributed by atoms with Gasteiger partial charge in [-0.25, -0.2) is 4.79 Å². The largest absolute Gasteiger partial charge is 0.481 e. The minimum absolute atomic E-state index is 0.254. The Balaban J connectivity index is 1.72. The van der Waals surface area contributed by atoms with E-state index in [9.17, 15) is 9.59 Å². The molecular formula is C19H17NO4. The van der Waals surface area contributed by atoms with Gasteiger partial charge in [0, 0.05) is 23.2 Å². The fourth-order valence-electron chi connectivity index (χ4n) is 2.34. The molecule has 5 heteroatoms. The van der Waals surface area contributed by atoms with Crippen LogP contribution >= 0.6 is 0 Å². The summed E-state index contributed by atoms with van der Waals surface area (Å²) in [5.41, 5.74) is 1.78. The number of anilines is 1. The number of aryl methyl sites for hydroxylation is 1. The lowest BCUT2D eigenvalue weighted by Crippen LogP contribution is -2.30. The Morgan fingerprint density at radius 3 is 2.71 bits per heavy atom. The van der Waals surface area contributed by atoms with Crippen LogP contribution in [-0.4, -0.2) is 12.0 Å². The van der Waals surface area contributed by atoms with Crippen molar-refractivity contribution < 1.29 is 13.9 Å². The van der Waals surface area contributed by atoms with Crippen molar-refractivity contribution in [1.29, 1.82) is 0 Å². The SMILES string of the molecule is Cc1cccc(NC(=O)[C@H](C)Oc2ccc3ccc(=O)oc3c2)c1. The number of hydrogen-bond acceptors (Lipinski definition) is 4. The van der Waals surface area contributed by atoms with E-state index in [-0.39, 0.29) is 5.91 Å². The smallest absolute Gasteiger partial charge is 0.336 e. The lowest BCUT2D eigenvalue weighted by molar-refractivity contribution is -0.122. The monoisotopic (exact) mass is 323 g/mol. The van der Waals surface area contributed by atoms with Crippen LogP contribution in [0.1, 0.15) is 12.5 Å². The fraction of sp³-hybridized carbons (Fsp3) is 0.158. The van der Waals surface area contributed by atoms with Crippen LogP contribution in [-0.2, 0) is 4.79 Å². The van der Waals surface area contributed by atoms with Gasteiger partial charge >= 0.3 is 5.63 Å². The minimum atomic E-state index is -0.696. The second kappa shape index (κ2) is 6.58. The highest BCUT2D eigenvalue weighted by atomic mass is 16.5. The predicted molar refractivity (Wildman–Crippen MR) is 92.4 cm³/mol. The van der Waals surface area contributed by atoms with Crippen molar-refractivity contribution in [2.24, 2.45) is 0 Å². The molecule has 24 heavy (non-hydrogen) atoms. The van der Waals surface area contributed by atoms with Gasteiger partial charge in [-0.3, -0.25) is 4.79 Å². The van der Waals surface area contributed by atoms with Gasteiger partial charge in [-0.1, -0.05) is 12.1 Å². The van der Waals surface area contributed by atoms with Crippen molar-refractivity contribution in [3.05, 3.63) is 70.6 Å². The number of nitrogens with one attached hydrogen (secondary N) is 1. The number of ether oxygens (including phenoxy) is 1. The molecule has 0 saturated heterocycles. The number of benzene rings is 2. The quantitative estimate of drug-likeness (QED) is 0.746. The van der Waals surface area contributed by atoms with E-state index in [4.69, 9.17) is 9.15 Å². The predicted octanol–water partition coefficient (Wildman–Crippen LogP) is 3.51. The molecule has 0 unspecified atom stereocenters. The topological polar surface area (TPSA) is 68.5 Å². The molecule has 5 nitrogen and oxygen atoms in total. The molecule has 122 valence electrons. The van der Waals surface area contributed by atoms with Gasteiger partial charge in [-0.15, -0.1) is 0 Å². The molecule has 3 aromatic rings. The van der Waals surface area contributed by atoms with Gasteiger partial charge in [-0.05, 0) is 49.7 Å². The summed E-state index contributed by atoms with van der Waals surface area (Å²) in [6.07, 6.45) is -0.696. The van der Waals surface area contributed by atoms with E-state index >= 15 is 0 Å². The second-order valence-electron chi connectivity index (χ2n) is 5.57. The van der Waals surface area contributed by atoms with Crippen molar-refractivity contribution in [3.8, 4) is 5.75 Å². The normalized spacial score (nSPS) is 11.9. The third kappa shape index (κ3) is 3.63. The van der Waals surface area contributed by atoms with Gasteiger partial charge in [0.25, 0.3) is 5.91 Å². The molecule has 0 aliphatic rings. The molecule has 0 saturated carbocycles. The zero-order valence-corrected chi connectivity index (χ0v) is 13.4. The molecule has 0 spiro atoms. The highest BCUT2D eigenvalue weighted by Crippen LogP contribution is 2.21. The van der Waals surface area contributed by atoms with Crippen molar-refractivity contribution in [1.82, 2.24) is 0 Å². The molecule has 1 amide bonds. The number of carbonyl (C=O) groups is 1. The maximum atomic E-state index is 12.2. The first-order valence-corrected chi connectivity index (χ1v) is 7.59. The maximum absolute atomic E-state index is 12.2. The standard InChI is InChI=1S/C19H17NO4/c1-12-4-3-5-15(10-12)20-19(22)13(2)23-16-8-6-14-7-9-18(21)24-17(14)11-16/h3-11,13H,1-2H3,(H,20,22)/t13-/m0/s1. The van der Waals surface area contributed by atoms with Crippen LogP contribution < -0.4 is 15.7 Å². The van der Waals surface area contributed by atoms with Crippen LogP contribution in [0.4, 0.5) is 5.69 Å². The summed E-state index contributed by atoms with van der Waals surface area (Å²) >= 11 is 0. The third-order valence-electron chi connectivity index (χ3n) is 3.56. The Morgan fingerprint density at radius 1 is 1.12 bits per heavy atom. The lowest BCUT2D eigenvalue weighted by atomic mass is 10.2. The van der Waals surface area contributed by atoms with E-state index < -0.39 is 11.7 Å². The Bertz CT molecular complexity index is 945. The Morgan fingerprint density at radius 2 is 1.92 bits per heavy atom. The van der Waals surface area contributed by atoms with E-state index in [0.29, 0.717) is 11.3 Å². The summed E-state index contributed by atoms with van der Waals surface area (Å²) in [5, 5.41) is 3.60. The van der Waals surface area contributed by atoms with Gasteiger partial charge in [0.15, 0.2) is 6.10 Å². The zero-order valence-electron chi connectivity index (χ0n) is 13.4. The summed E-state index contributed by atoms with van der Waals surface area (Å²) in [7, 11) is 0. The second-order valence-corrected chi connectivity index (χ2v) is 5.57. The molecule has 1 heterocycles. The molecule has 0 bridgehead atoms. The highest BCUT2D eigenvalue weighted by molar-refractivity contribution is 5.94. The average Bonchev–Trinajstić information content (AvgIpc) is 2.54. The molecule has 0 radical (unpaired) electrons. The van der Waals surface area contributed by atoms with Gasteiger partial charge < -0.3 is 14.5 Å². The highest BCUT2D eigenvalue weighted by Gasteiger charge is 2.15. The number of carbonyl (C=O) groups excluding carboxylic acids is 1. The molecular weight excluding hydrogens is 306 g/mol. The van der Waals surface area contributed by atoms with Crippen LogP contribution in [0.15, 0.2) is 63.8 Å². The van der Waals surface area contributed by atoms with Gasteiger partial charge in [0.2, 0.25) is 0 Å². The fourth-order valence-corrected chi connectivity index (χ4v) is 2.34. The van der Waals surface area contributed by atoms with Crippen LogP contribution in [0, 0.1) is 6.92 Å². The van der Waals surface area contributed by atoms with Gasteiger partial charge in [-0.2, -0.15) is 0 Å². The van der Waals surface area contributed by atoms with E-state index in [2.05, 4.69) is 5.32 Å². The zero-order chi connectivity index (χ0) is 17.1. The van der Waals surface area contributed by atoms with E-state index in [1.165, 1.54) is 6.07 Å². The van der Waals surface area contributed by atoms with E-state index in [1.54, 1.807) is 31.2 Å². The van der Waals surface area contributed by atoms with Crippen LogP contribution in [0.3, 0.4) is 0 Å². The number of rotatable bonds is 4. The first-order chi connectivity index (χ1) is 11.5. The Kier molecular flexibility index (Phi) is 4.33. The summed E-state index contributed by atoms with van der Waals surface area (Å²) in [6, 6.07) is 15.7. The average molecular weight is 323 g/mol. The van der Waals surface area contributed by atoms with E-state index in [1.807, 2.05) is 31.2 Å². The molecule has 1 atom stereocenters. The molecule has 1 aromatic heterocycles. The molecule has 2 aromatic carbocycles. The minimum Gasteiger partial charge on any atom is -0.481 e. The third-order valence-corrected chi connectivity index (χ3v) is 3.56. The van der Waals surface area contributed by atoms with Gasteiger partial charge in [0.05, 0.1) is 0 Å². The maximum Gasteiger partial charge on any atom is 0.336 e. The van der Waals surface area contributed by atoms with Crippen molar-refractivity contribution in [3.63, 3.8) is 0 Å². The molecule has 3 rings (SSSR count). The van der Waals surface area contributed by atoms with Crippen molar-refractivity contribution in [2.45, 2.75) is 20.0 Å². The number of fused-ring (bicyclic) bond motifs is 1. The first kappa shape index (κ1) is 15.8. The van der Waals surface area contributed by atoms with Crippen LogP contribution in [0.25, 0.3) is 11.0 Å². The van der Waals surface area contributed by atoms with E-state index in [0.717, 1.165) is 16.6 Å². The molecule has 0 aliphatic heterocycles. The van der Waals surface area contributed by atoms with Crippen molar-refractivity contribution in [2.75, 3.05) is 5.32 Å². The number of amides is 1. The molecule has 1 N–H and O–H groups in total. The van der Waals surface area contributed by atoms with Crippen LogP contribution in [0.5, 0.6) is 5.75 Å². The Hall–Kier alpha value is -3.08. The summed E-state index contributed by atoms with van der Waals surface area (Å²) in [6.45, 7) is 3.62. The molecule has 0 fully saturated rings. The summed E-state index contributed by atoms with van der Waals surface area (Å²) < 4.78 is 10.8. The number of hydrogen-bond donors (Lipinski definition) is 1. The van der Waals surface area contributed by atoms with Gasteiger partial charge in [0.1, 0.15) is 11.3 Å². The summed E-state index contributed by atoms with van der Waals surface area (Å²) in [4.78, 5) is 23.5. The Labute approximate surface area is 138 Å². The summed E-state index contributed by atoms with van der Waals surface area (Å²) in [5.74, 6) is 0.207. The molecule has 0 aliphatic carbocycles. The van der Waals surface area contributed by atoms with Crippen molar-refractivity contribution >= 4 is 22.6 Å².